The van der Waals surface area contributed by atoms with E-state index in [4.69, 9.17) is 9.84 Å². The lowest BCUT2D eigenvalue weighted by Gasteiger charge is -2.31. The van der Waals surface area contributed by atoms with E-state index >= 15 is 0 Å². The van der Waals surface area contributed by atoms with Gasteiger partial charge in [-0.05, 0) is 39.5 Å². The van der Waals surface area contributed by atoms with Crippen LogP contribution in [0.15, 0.2) is 0 Å². The van der Waals surface area contributed by atoms with Gasteiger partial charge in [0.2, 0.25) is 5.91 Å². The molecular weight excluding hydrogens is 270 g/mol. The van der Waals surface area contributed by atoms with Gasteiger partial charge in [0.15, 0.2) is 0 Å². The lowest BCUT2D eigenvalue weighted by molar-refractivity contribution is -0.141. The van der Waals surface area contributed by atoms with Crippen molar-refractivity contribution in [3.05, 3.63) is 0 Å². The molecule has 1 unspecified atom stereocenters. The SMILES string of the molecule is CCC(OC1CCCCC1)C(=O)NC(C)(C)CCC(=O)O. The van der Waals surface area contributed by atoms with Crippen molar-refractivity contribution in [2.45, 2.75) is 89.9 Å². The monoisotopic (exact) mass is 299 g/mol. The fourth-order valence-electron chi connectivity index (χ4n) is 2.67. The highest BCUT2D eigenvalue weighted by Gasteiger charge is 2.28. The highest BCUT2D eigenvalue weighted by molar-refractivity contribution is 5.81. The Morgan fingerprint density at radius 1 is 1.29 bits per heavy atom. The van der Waals surface area contributed by atoms with E-state index in [-0.39, 0.29) is 18.4 Å². The fourth-order valence-corrected chi connectivity index (χ4v) is 2.67. The summed E-state index contributed by atoms with van der Waals surface area (Å²) in [4.78, 5) is 23.0. The molecule has 0 radical (unpaired) electrons. The highest BCUT2D eigenvalue weighted by atomic mass is 16.5. The molecule has 0 bridgehead atoms. The number of rotatable bonds is 8. The van der Waals surface area contributed by atoms with Crippen LogP contribution in [-0.4, -0.2) is 34.7 Å². The van der Waals surface area contributed by atoms with Gasteiger partial charge in [-0.15, -0.1) is 0 Å². The lowest BCUT2D eigenvalue weighted by atomic mass is 9.96. The molecule has 0 aromatic carbocycles. The molecule has 1 amide bonds. The quantitative estimate of drug-likeness (QED) is 0.722. The summed E-state index contributed by atoms with van der Waals surface area (Å²) in [6.45, 7) is 5.64. The summed E-state index contributed by atoms with van der Waals surface area (Å²) in [5.41, 5.74) is -0.529. The molecule has 0 aromatic heterocycles. The second kappa shape index (κ2) is 8.37. The molecule has 1 atom stereocenters. The number of hydrogen-bond donors (Lipinski definition) is 2. The van der Waals surface area contributed by atoms with E-state index in [1.54, 1.807) is 0 Å². The zero-order chi connectivity index (χ0) is 15.9. The average Bonchev–Trinajstić information content (AvgIpc) is 2.43. The Kier molecular flexibility index (Phi) is 7.15. The summed E-state index contributed by atoms with van der Waals surface area (Å²) >= 11 is 0. The van der Waals surface area contributed by atoms with Gasteiger partial charge in [0, 0.05) is 12.0 Å². The lowest BCUT2D eigenvalue weighted by Crippen LogP contribution is -2.49. The van der Waals surface area contributed by atoms with E-state index in [1.165, 1.54) is 19.3 Å². The van der Waals surface area contributed by atoms with Crippen LogP contribution in [0.3, 0.4) is 0 Å². The van der Waals surface area contributed by atoms with Crippen LogP contribution in [-0.2, 0) is 14.3 Å². The van der Waals surface area contributed by atoms with Gasteiger partial charge in [-0.1, -0.05) is 26.2 Å². The highest BCUT2D eigenvalue weighted by Crippen LogP contribution is 2.22. The summed E-state index contributed by atoms with van der Waals surface area (Å²) in [6.07, 6.45) is 6.52. The Labute approximate surface area is 127 Å². The van der Waals surface area contributed by atoms with E-state index in [1.807, 2.05) is 20.8 Å². The molecule has 2 N–H and O–H groups in total. The molecule has 0 aliphatic heterocycles. The molecule has 5 heteroatoms. The van der Waals surface area contributed by atoms with Crippen LogP contribution in [0, 0.1) is 0 Å². The van der Waals surface area contributed by atoms with E-state index in [0.717, 1.165) is 12.8 Å². The normalized spacial score (nSPS) is 18.2. The molecule has 0 aromatic rings. The standard InChI is InChI=1S/C16H29NO4/c1-4-13(21-12-8-6-5-7-9-12)15(20)17-16(2,3)11-10-14(18)19/h12-13H,4-11H2,1-3H3,(H,17,20)(H,18,19). The predicted octanol–water partition coefficient (Wildman–Crippen LogP) is 2.87. The molecule has 1 saturated carbocycles. The van der Waals surface area contributed by atoms with Crippen LogP contribution in [0.2, 0.25) is 0 Å². The summed E-state index contributed by atoms with van der Waals surface area (Å²) < 4.78 is 5.95. The van der Waals surface area contributed by atoms with Crippen molar-refractivity contribution >= 4 is 11.9 Å². The largest absolute Gasteiger partial charge is 0.481 e. The maximum atomic E-state index is 12.3. The molecule has 0 saturated heterocycles. The second-order valence-electron chi connectivity index (χ2n) is 6.56. The first kappa shape index (κ1) is 18.0. The number of carboxylic acid groups (broad SMARTS) is 1. The van der Waals surface area contributed by atoms with Crippen molar-refractivity contribution in [1.29, 1.82) is 0 Å². The van der Waals surface area contributed by atoms with Crippen LogP contribution in [0.1, 0.15) is 72.1 Å². The van der Waals surface area contributed by atoms with Crippen LogP contribution >= 0.6 is 0 Å². The third-order valence-electron chi connectivity index (χ3n) is 4.00. The zero-order valence-corrected chi connectivity index (χ0v) is 13.5. The van der Waals surface area contributed by atoms with Gasteiger partial charge in [-0.25, -0.2) is 0 Å². The van der Waals surface area contributed by atoms with Crippen molar-refractivity contribution in [2.75, 3.05) is 0 Å². The van der Waals surface area contributed by atoms with Crippen LogP contribution < -0.4 is 5.32 Å². The van der Waals surface area contributed by atoms with Crippen molar-refractivity contribution in [1.82, 2.24) is 5.32 Å². The fraction of sp³-hybridized carbons (Fsp3) is 0.875. The summed E-state index contributed by atoms with van der Waals surface area (Å²) in [5.74, 6) is -0.971. The van der Waals surface area contributed by atoms with E-state index in [9.17, 15) is 9.59 Å². The maximum Gasteiger partial charge on any atom is 0.303 e. The van der Waals surface area contributed by atoms with Crippen LogP contribution in [0.4, 0.5) is 0 Å². The van der Waals surface area contributed by atoms with Gasteiger partial charge in [-0.3, -0.25) is 9.59 Å². The molecule has 1 aliphatic rings. The second-order valence-corrected chi connectivity index (χ2v) is 6.56. The molecule has 0 heterocycles. The molecule has 1 fully saturated rings. The molecule has 5 nitrogen and oxygen atoms in total. The number of ether oxygens (including phenoxy) is 1. The van der Waals surface area contributed by atoms with E-state index in [2.05, 4.69) is 5.32 Å². The first-order chi connectivity index (χ1) is 9.84. The Bertz CT molecular complexity index is 348. The van der Waals surface area contributed by atoms with Crippen LogP contribution in [0.25, 0.3) is 0 Å². The Balaban J connectivity index is 2.47. The smallest absolute Gasteiger partial charge is 0.303 e. The number of carbonyl (C=O) groups is 2. The zero-order valence-electron chi connectivity index (χ0n) is 13.5. The third-order valence-corrected chi connectivity index (χ3v) is 4.00. The minimum absolute atomic E-state index is 0.0492. The Morgan fingerprint density at radius 3 is 2.43 bits per heavy atom. The molecule has 1 rings (SSSR count). The van der Waals surface area contributed by atoms with Crippen molar-refractivity contribution in [2.24, 2.45) is 0 Å². The number of carbonyl (C=O) groups excluding carboxylic acids is 1. The first-order valence-corrected chi connectivity index (χ1v) is 8.03. The molecule has 0 spiro atoms. The maximum absolute atomic E-state index is 12.3. The van der Waals surface area contributed by atoms with Gasteiger partial charge < -0.3 is 15.2 Å². The van der Waals surface area contributed by atoms with Gasteiger partial charge in [0.05, 0.1) is 6.10 Å². The van der Waals surface area contributed by atoms with E-state index < -0.39 is 17.6 Å². The predicted molar refractivity (Wildman–Crippen MR) is 81.1 cm³/mol. The van der Waals surface area contributed by atoms with Crippen molar-refractivity contribution < 1.29 is 19.4 Å². The van der Waals surface area contributed by atoms with Crippen molar-refractivity contribution in [3.8, 4) is 0 Å². The van der Waals surface area contributed by atoms with Gasteiger partial charge >= 0.3 is 5.97 Å². The van der Waals surface area contributed by atoms with Crippen LogP contribution in [0.5, 0.6) is 0 Å². The van der Waals surface area contributed by atoms with E-state index in [0.29, 0.717) is 12.8 Å². The minimum atomic E-state index is -0.845. The summed E-state index contributed by atoms with van der Waals surface area (Å²) in [7, 11) is 0. The van der Waals surface area contributed by atoms with Gasteiger partial charge in [0.1, 0.15) is 6.10 Å². The number of amides is 1. The summed E-state index contributed by atoms with van der Waals surface area (Å²) in [6, 6.07) is 0. The number of hydrogen-bond acceptors (Lipinski definition) is 3. The molecule has 1 aliphatic carbocycles. The molecule has 21 heavy (non-hydrogen) atoms. The topological polar surface area (TPSA) is 75.6 Å². The number of carboxylic acids is 1. The average molecular weight is 299 g/mol. The summed E-state index contributed by atoms with van der Waals surface area (Å²) in [5, 5.41) is 11.7. The minimum Gasteiger partial charge on any atom is -0.481 e. The number of nitrogens with one attached hydrogen (secondary N) is 1. The van der Waals surface area contributed by atoms with Gasteiger partial charge in [-0.2, -0.15) is 0 Å². The Morgan fingerprint density at radius 2 is 1.90 bits per heavy atom. The molecule has 122 valence electrons. The van der Waals surface area contributed by atoms with Crippen molar-refractivity contribution in [3.63, 3.8) is 0 Å². The first-order valence-electron chi connectivity index (χ1n) is 8.03. The number of aliphatic carboxylic acids is 1. The molecular formula is C16H29NO4. The Hall–Kier alpha value is -1.10. The third kappa shape index (κ3) is 6.93. The van der Waals surface area contributed by atoms with Gasteiger partial charge in [0.25, 0.3) is 0 Å².